The summed E-state index contributed by atoms with van der Waals surface area (Å²) in [6.45, 7) is 2.47. The molecule has 3 rings (SSSR count). The van der Waals surface area contributed by atoms with E-state index in [0.717, 1.165) is 29.5 Å². The maximum Gasteiger partial charge on any atom is 0.416 e. The van der Waals surface area contributed by atoms with Crippen molar-refractivity contribution in [3.63, 3.8) is 0 Å². The molecule has 0 radical (unpaired) electrons. The lowest BCUT2D eigenvalue weighted by Gasteiger charge is -2.10. The van der Waals surface area contributed by atoms with Crippen LogP contribution in [0.4, 0.5) is 18.9 Å². The van der Waals surface area contributed by atoms with Gasteiger partial charge in [-0.3, -0.25) is 4.79 Å². The first-order valence-corrected chi connectivity index (χ1v) is 9.94. The number of halogens is 4. The van der Waals surface area contributed by atoms with Gasteiger partial charge in [-0.05, 0) is 37.3 Å². The van der Waals surface area contributed by atoms with E-state index in [4.69, 9.17) is 11.6 Å². The largest absolute Gasteiger partial charge is 0.416 e. The summed E-state index contributed by atoms with van der Waals surface area (Å²) >= 11 is 7.37. The normalized spacial score (nSPS) is 11.5. The second-order valence-electron chi connectivity index (χ2n) is 5.95. The van der Waals surface area contributed by atoms with E-state index in [1.54, 1.807) is 6.07 Å². The van der Waals surface area contributed by atoms with E-state index in [9.17, 15) is 18.0 Å². The van der Waals surface area contributed by atoms with E-state index in [1.807, 2.05) is 29.7 Å². The Balaban J connectivity index is 1.69. The van der Waals surface area contributed by atoms with Gasteiger partial charge in [0.1, 0.15) is 0 Å². The van der Waals surface area contributed by atoms with Crippen LogP contribution in [0.2, 0.25) is 5.02 Å². The standard InChI is InChI=1S/C19H16ClF3N4OS/c1-2-27-17(14-8-3-4-9-15(14)20)25-26-18(27)29-11-16(28)24-13-7-5-6-12(10-13)19(21,22)23/h3-10H,2,11H2,1H3,(H,24,28). The van der Waals surface area contributed by atoms with Gasteiger partial charge in [-0.15, -0.1) is 10.2 Å². The van der Waals surface area contributed by atoms with Gasteiger partial charge in [0, 0.05) is 17.8 Å². The summed E-state index contributed by atoms with van der Waals surface area (Å²) in [5, 5.41) is 11.8. The van der Waals surface area contributed by atoms with E-state index in [2.05, 4.69) is 15.5 Å². The number of thioether (sulfide) groups is 1. The van der Waals surface area contributed by atoms with Crippen molar-refractivity contribution in [3.8, 4) is 11.4 Å². The van der Waals surface area contributed by atoms with Crippen LogP contribution in [0.15, 0.2) is 53.7 Å². The van der Waals surface area contributed by atoms with Crippen molar-refractivity contribution in [2.75, 3.05) is 11.1 Å². The van der Waals surface area contributed by atoms with Crippen molar-refractivity contribution in [1.29, 1.82) is 0 Å². The maximum absolute atomic E-state index is 12.8. The molecule has 0 fully saturated rings. The summed E-state index contributed by atoms with van der Waals surface area (Å²) < 4.78 is 40.2. The Labute approximate surface area is 174 Å². The lowest BCUT2D eigenvalue weighted by atomic mass is 10.2. The molecule has 152 valence electrons. The molecule has 29 heavy (non-hydrogen) atoms. The minimum absolute atomic E-state index is 0.0309. The smallest absolute Gasteiger partial charge is 0.325 e. The second-order valence-corrected chi connectivity index (χ2v) is 7.30. The van der Waals surface area contributed by atoms with Crippen molar-refractivity contribution < 1.29 is 18.0 Å². The number of nitrogens with zero attached hydrogens (tertiary/aromatic N) is 3. The van der Waals surface area contributed by atoms with Crippen LogP contribution < -0.4 is 5.32 Å². The Morgan fingerprint density at radius 3 is 2.62 bits per heavy atom. The summed E-state index contributed by atoms with van der Waals surface area (Å²) in [5.74, 6) is 0.106. The summed E-state index contributed by atoms with van der Waals surface area (Å²) in [6.07, 6.45) is -4.47. The van der Waals surface area contributed by atoms with Gasteiger partial charge in [-0.25, -0.2) is 0 Å². The number of aromatic nitrogens is 3. The molecule has 0 saturated carbocycles. The summed E-state index contributed by atoms with van der Waals surface area (Å²) in [7, 11) is 0. The zero-order chi connectivity index (χ0) is 21.0. The number of alkyl halides is 3. The molecule has 0 aliphatic rings. The third kappa shape index (κ3) is 5.10. The Hall–Kier alpha value is -2.52. The highest BCUT2D eigenvalue weighted by Crippen LogP contribution is 2.31. The third-order valence-electron chi connectivity index (χ3n) is 3.95. The first kappa shape index (κ1) is 21.2. The van der Waals surface area contributed by atoms with E-state index in [1.165, 1.54) is 12.1 Å². The molecule has 1 heterocycles. The van der Waals surface area contributed by atoms with Crippen molar-refractivity contribution in [2.45, 2.75) is 24.8 Å². The number of hydrogen-bond acceptors (Lipinski definition) is 4. The number of hydrogen-bond donors (Lipinski definition) is 1. The molecule has 0 atom stereocenters. The van der Waals surface area contributed by atoms with Crippen molar-refractivity contribution in [2.24, 2.45) is 0 Å². The molecule has 10 heteroatoms. The fourth-order valence-electron chi connectivity index (χ4n) is 2.62. The average Bonchev–Trinajstić information content (AvgIpc) is 3.09. The topological polar surface area (TPSA) is 59.8 Å². The zero-order valence-electron chi connectivity index (χ0n) is 15.2. The van der Waals surface area contributed by atoms with Gasteiger partial charge in [0.25, 0.3) is 0 Å². The third-order valence-corrected chi connectivity index (χ3v) is 5.25. The van der Waals surface area contributed by atoms with E-state index in [0.29, 0.717) is 22.5 Å². The number of anilines is 1. The number of carbonyl (C=O) groups excluding carboxylic acids is 1. The SMILES string of the molecule is CCn1c(SCC(=O)Nc2cccc(C(F)(F)F)c2)nnc1-c1ccccc1Cl. The van der Waals surface area contributed by atoms with Crippen molar-refractivity contribution >= 4 is 35.0 Å². The maximum atomic E-state index is 12.8. The van der Waals surface area contributed by atoms with Gasteiger partial charge in [0.15, 0.2) is 11.0 Å². The quantitative estimate of drug-likeness (QED) is 0.523. The molecule has 3 aromatic rings. The van der Waals surface area contributed by atoms with Crippen molar-refractivity contribution in [1.82, 2.24) is 14.8 Å². The summed E-state index contributed by atoms with van der Waals surface area (Å²) in [6, 6.07) is 11.7. The molecule has 1 aromatic heterocycles. The average molecular weight is 441 g/mol. The van der Waals surface area contributed by atoms with E-state index < -0.39 is 17.6 Å². The van der Waals surface area contributed by atoms with Crippen LogP contribution in [0.1, 0.15) is 12.5 Å². The monoisotopic (exact) mass is 440 g/mol. The van der Waals surface area contributed by atoms with Crippen LogP contribution in [-0.2, 0) is 17.5 Å². The first-order valence-electron chi connectivity index (χ1n) is 8.57. The molecule has 1 N–H and O–H groups in total. The van der Waals surface area contributed by atoms with Crippen LogP contribution >= 0.6 is 23.4 Å². The predicted molar refractivity (Wildman–Crippen MR) is 107 cm³/mol. The highest BCUT2D eigenvalue weighted by molar-refractivity contribution is 7.99. The molecule has 1 amide bonds. The van der Waals surface area contributed by atoms with Crippen LogP contribution in [0.3, 0.4) is 0 Å². The van der Waals surface area contributed by atoms with Gasteiger partial charge >= 0.3 is 6.18 Å². The summed E-state index contributed by atoms with van der Waals surface area (Å²) in [5.41, 5.74) is -0.0130. The van der Waals surface area contributed by atoms with Gasteiger partial charge in [-0.1, -0.05) is 41.6 Å². The molecule has 0 spiro atoms. The van der Waals surface area contributed by atoms with Gasteiger partial charge in [0.05, 0.1) is 16.3 Å². The summed E-state index contributed by atoms with van der Waals surface area (Å²) in [4.78, 5) is 12.2. The van der Waals surface area contributed by atoms with Crippen LogP contribution in [0.5, 0.6) is 0 Å². The van der Waals surface area contributed by atoms with E-state index >= 15 is 0 Å². The lowest BCUT2D eigenvalue weighted by molar-refractivity contribution is -0.137. The second kappa shape index (κ2) is 8.87. The molecular formula is C19H16ClF3N4OS. The van der Waals surface area contributed by atoms with Crippen LogP contribution in [0.25, 0.3) is 11.4 Å². The number of benzene rings is 2. The Bertz CT molecular complexity index is 1020. The molecule has 2 aromatic carbocycles. The fourth-order valence-corrected chi connectivity index (χ4v) is 3.65. The molecule has 0 unspecified atom stereocenters. The predicted octanol–water partition coefficient (Wildman–Crippen LogP) is 5.37. The minimum atomic E-state index is -4.47. The molecule has 0 aliphatic carbocycles. The molecular weight excluding hydrogens is 425 g/mol. The first-order chi connectivity index (χ1) is 13.8. The molecule has 0 bridgehead atoms. The van der Waals surface area contributed by atoms with Gasteiger partial charge in [-0.2, -0.15) is 13.2 Å². The van der Waals surface area contributed by atoms with Gasteiger partial charge < -0.3 is 9.88 Å². The molecule has 0 aliphatic heterocycles. The van der Waals surface area contributed by atoms with E-state index in [-0.39, 0.29) is 11.4 Å². The highest BCUT2D eigenvalue weighted by Gasteiger charge is 2.30. The number of amides is 1. The molecule has 5 nitrogen and oxygen atoms in total. The highest BCUT2D eigenvalue weighted by atomic mass is 35.5. The fraction of sp³-hybridized carbons (Fsp3) is 0.211. The van der Waals surface area contributed by atoms with Crippen molar-refractivity contribution in [3.05, 3.63) is 59.1 Å². The Morgan fingerprint density at radius 1 is 1.17 bits per heavy atom. The Morgan fingerprint density at radius 2 is 1.93 bits per heavy atom. The van der Waals surface area contributed by atoms with Crippen LogP contribution in [0, 0.1) is 0 Å². The number of nitrogens with one attached hydrogen (secondary N) is 1. The number of carbonyl (C=O) groups is 1. The molecule has 0 saturated heterocycles. The van der Waals surface area contributed by atoms with Gasteiger partial charge in [0.2, 0.25) is 5.91 Å². The lowest BCUT2D eigenvalue weighted by Crippen LogP contribution is -2.15. The minimum Gasteiger partial charge on any atom is -0.325 e. The van der Waals surface area contributed by atoms with Crippen LogP contribution in [-0.4, -0.2) is 26.4 Å². The Kier molecular flexibility index (Phi) is 6.49. The zero-order valence-corrected chi connectivity index (χ0v) is 16.8. The number of rotatable bonds is 6.